The third-order valence-corrected chi connectivity index (χ3v) is 3.21. The lowest BCUT2D eigenvalue weighted by Gasteiger charge is -2.16. The molecule has 4 nitrogen and oxygen atoms in total. The topological polar surface area (TPSA) is 54.3 Å². The Morgan fingerprint density at radius 2 is 2.47 bits per heavy atom. The summed E-state index contributed by atoms with van der Waals surface area (Å²) in [6.07, 6.45) is 2.43. The zero-order chi connectivity index (χ0) is 13.5. The van der Waals surface area contributed by atoms with E-state index in [2.05, 4.69) is 11.4 Å². The Balaban J connectivity index is 1.96. The minimum Gasteiger partial charge on any atom is -0.494 e. The lowest BCUT2D eigenvalue weighted by Crippen LogP contribution is -2.29. The molecule has 2 rings (SSSR count). The molecule has 1 aromatic rings. The van der Waals surface area contributed by atoms with Gasteiger partial charge in [-0.05, 0) is 37.5 Å². The number of benzene rings is 1. The monoisotopic (exact) mass is 260 g/mol. The maximum Gasteiger partial charge on any atom is 0.121 e. The molecular formula is C15H20N2O2. The maximum absolute atomic E-state index is 9.28. The molecule has 0 radical (unpaired) electrons. The Morgan fingerprint density at radius 1 is 1.58 bits per heavy atom. The van der Waals surface area contributed by atoms with Crippen molar-refractivity contribution in [2.24, 2.45) is 0 Å². The number of ether oxygens (including phenoxy) is 2. The van der Waals surface area contributed by atoms with Gasteiger partial charge in [-0.1, -0.05) is 12.1 Å². The first kappa shape index (κ1) is 13.9. The van der Waals surface area contributed by atoms with Crippen molar-refractivity contribution < 1.29 is 9.47 Å². The highest BCUT2D eigenvalue weighted by molar-refractivity contribution is 5.33. The molecule has 4 heteroatoms. The number of hydrogen-bond acceptors (Lipinski definition) is 4. The first-order valence-corrected chi connectivity index (χ1v) is 6.81. The Kier molecular flexibility index (Phi) is 5.20. The molecule has 1 heterocycles. The van der Waals surface area contributed by atoms with E-state index in [1.807, 2.05) is 31.2 Å². The lowest BCUT2D eigenvalue weighted by atomic mass is 10.1. The highest BCUT2D eigenvalue weighted by atomic mass is 16.5. The van der Waals surface area contributed by atoms with Crippen LogP contribution in [0.5, 0.6) is 5.75 Å². The fraction of sp³-hybridized carbons (Fsp3) is 0.533. The van der Waals surface area contributed by atoms with Crippen molar-refractivity contribution in [1.29, 1.82) is 5.26 Å². The van der Waals surface area contributed by atoms with E-state index in [0.29, 0.717) is 6.61 Å². The second-order valence-electron chi connectivity index (χ2n) is 4.61. The van der Waals surface area contributed by atoms with Crippen LogP contribution in [0, 0.1) is 11.3 Å². The molecule has 2 atom stereocenters. The average molecular weight is 260 g/mol. The molecular weight excluding hydrogens is 240 g/mol. The first-order valence-electron chi connectivity index (χ1n) is 6.81. The van der Waals surface area contributed by atoms with Crippen LogP contribution in [-0.4, -0.2) is 25.9 Å². The van der Waals surface area contributed by atoms with Gasteiger partial charge in [0, 0.05) is 13.2 Å². The van der Waals surface area contributed by atoms with Crippen molar-refractivity contribution in [3.8, 4) is 11.8 Å². The lowest BCUT2D eigenvalue weighted by molar-refractivity contribution is 0.109. The van der Waals surface area contributed by atoms with E-state index in [4.69, 9.17) is 9.47 Å². The standard InChI is InChI=1S/C15H20N2O2/c1-2-18-13-6-3-5-12(9-13)15(10-16)17-11-14-7-4-8-19-14/h3,5-6,9,14-15,17H,2,4,7-8,11H2,1H3. The molecule has 1 saturated heterocycles. The molecule has 1 aliphatic rings. The van der Waals surface area contributed by atoms with Crippen LogP contribution < -0.4 is 10.1 Å². The molecule has 0 aliphatic carbocycles. The molecule has 0 amide bonds. The van der Waals surface area contributed by atoms with Crippen molar-refractivity contribution >= 4 is 0 Å². The van der Waals surface area contributed by atoms with Crippen molar-refractivity contribution in [3.63, 3.8) is 0 Å². The molecule has 2 unspecified atom stereocenters. The van der Waals surface area contributed by atoms with E-state index in [9.17, 15) is 5.26 Å². The largest absolute Gasteiger partial charge is 0.494 e. The summed E-state index contributed by atoms with van der Waals surface area (Å²) in [4.78, 5) is 0. The second kappa shape index (κ2) is 7.13. The third-order valence-electron chi connectivity index (χ3n) is 3.21. The Hall–Kier alpha value is -1.57. The molecule has 19 heavy (non-hydrogen) atoms. The highest BCUT2D eigenvalue weighted by Crippen LogP contribution is 2.20. The molecule has 0 aromatic heterocycles. The zero-order valence-corrected chi connectivity index (χ0v) is 11.3. The smallest absolute Gasteiger partial charge is 0.121 e. The summed E-state index contributed by atoms with van der Waals surface area (Å²) in [5.74, 6) is 0.805. The van der Waals surface area contributed by atoms with Crippen molar-refractivity contribution in [1.82, 2.24) is 5.32 Å². The van der Waals surface area contributed by atoms with Crippen molar-refractivity contribution in [2.75, 3.05) is 19.8 Å². The first-order chi connectivity index (χ1) is 9.33. The van der Waals surface area contributed by atoms with Gasteiger partial charge in [-0.25, -0.2) is 0 Å². The minimum absolute atomic E-state index is 0.242. The fourth-order valence-electron chi connectivity index (χ4n) is 2.24. The maximum atomic E-state index is 9.28. The van der Waals surface area contributed by atoms with Crippen LogP contribution in [0.25, 0.3) is 0 Å². The van der Waals surface area contributed by atoms with Crippen LogP contribution in [0.3, 0.4) is 0 Å². The van der Waals surface area contributed by atoms with Gasteiger partial charge < -0.3 is 9.47 Å². The number of rotatable bonds is 6. The summed E-state index contributed by atoms with van der Waals surface area (Å²) < 4.78 is 11.0. The molecule has 102 valence electrons. The normalized spacial score (nSPS) is 19.9. The molecule has 0 bridgehead atoms. The molecule has 1 N–H and O–H groups in total. The van der Waals surface area contributed by atoms with E-state index in [1.165, 1.54) is 0 Å². The minimum atomic E-state index is -0.315. The van der Waals surface area contributed by atoms with Crippen LogP contribution in [0.1, 0.15) is 31.4 Å². The van der Waals surface area contributed by atoms with Crippen LogP contribution in [0.4, 0.5) is 0 Å². The summed E-state index contributed by atoms with van der Waals surface area (Å²) in [5.41, 5.74) is 0.937. The highest BCUT2D eigenvalue weighted by Gasteiger charge is 2.18. The van der Waals surface area contributed by atoms with Gasteiger partial charge in [0.2, 0.25) is 0 Å². The summed E-state index contributed by atoms with van der Waals surface area (Å²) in [7, 11) is 0. The average Bonchev–Trinajstić information content (AvgIpc) is 2.94. The summed E-state index contributed by atoms with van der Waals surface area (Å²) in [6.45, 7) is 4.13. The van der Waals surface area contributed by atoms with Gasteiger partial charge in [0.15, 0.2) is 0 Å². The summed E-state index contributed by atoms with van der Waals surface area (Å²) in [5, 5.41) is 12.5. The van der Waals surface area contributed by atoms with E-state index in [1.54, 1.807) is 0 Å². The van der Waals surface area contributed by atoms with Crippen molar-refractivity contribution in [3.05, 3.63) is 29.8 Å². The Morgan fingerprint density at radius 3 is 3.16 bits per heavy atom. The number of nitrogens with zero attached hydrogens (tertiary/aromatic N) is 1. The Labute approximate surface area is 114 Å². The molecule has 1 aromatic carbocycles. The second-order valence-corrected chi connectivity index (χ2v) is 4.61. The van der Waals surface area contributed by atoms with E-state index in [0.717, 1.165) is 37.3 Å². The van der Waals surface area contributed by atoms with E-state index in [-0.39, 0.29) is 12.1 Å². The SMILES string of the molecule is CCOc1cccc(C(C#N)NCC2CCCO2)c1. The van der Waals surface area contributed by atoms with Gasteiger partial charge in [0.05, 0.1) is 18.8 Å². The van der Waals surface area contributed by atoms with Gasteiger partial charge in [-0.2, -0.15) is 5.26 Å². The van der Waals surface area contributed by atoms with Gasteiger partial charge in [0.1, 0.15) is 11.8 Å². The van der Waals surface area contributed by atoms with Crippen LogP contribution in [0.2, 0.25) is 0 Å². The number of nitrogens with one attached hydrogen (secondary N) is 1. The van der Waals surface area contributed by atoms with Crippen LogP contribution in [-0.2, 0) is 4.74 Å². The molecule has 1 fully saturated rings. The summed E-state index contributed by atoms with van der Waals surface area (Å²) in [6, 6.07) is 9.65. The number of nitriles is 1. The zero-order valence-electron chi connectivity index (χ0n) is 11.3. The summed E-state index contributed by atoms with van der Waals surface area (Å²) >= 11 is 0. The van der Waals surface area contributed by atoms with Gasteiger partial charge >= 0.3 is 0 Å². The fourth-order valence-corrected chi connectivity index (χ4v) is 2.24. The van der Waals surface area contributed by atoms with Gasteiger partial charge in [0.25, 0.3) is 0 Å². The van der Waals surface area contributed by atoms with E-state index < -0.39 is 0 Å². The number of hydrogen-bond donors (Lipinski definition) is 1. The van der Waals surface area contributed by atoms with E-state index >= 15 is 0 Å². The quantitative estimate of drug-likeness (QED) is 0.853. The predicted octanol–water partition coefficient (Wildman–Crippen LogP) is 2.42. The van der Waals surface area contributed by atoms with Crippen LogP contribution >= 0.6 is 0 Å². The van der Waals surface area contributed by atoms with Crippen molar-refractivity contribution in [2.45, 2.75) is 31.9 Å². The molecule has 0 spiro atoms. The molecule has 0 saturated carbocycles. The Bertz CT molecular complexity index is 436. The molecule has 1 aliphatic heterocycles. The van der Waals surface area contributed by atoms with Crippen LogP contribution in [0.15, 0.2) is 24.3 Å². The predicted molar refractivity (Wildman–Crippen MR) is 72.9 cm³/mol. The van der Waals surface area contributed by atoms with Gasteiger partial charge in [-0.3, -0.25) is 5.32 Å². The van der Waals surface area contributed by atoms with Gasteiger partial charge in [-0.15, -0.1) is 0 Å². The third kappa shape index (κ3) is 3.95.